The van der Waals surface area contributed by atoms with Gasteiger partial charge in [-0.15, -0.1) is 0 Å². The molecule has 6 rings (SSSR count). The number of allylic oxidation sites excluding steroid dienone is 1. The van der Waals surface area contributed by atoms with Crippen molar-refractivity contribution in [2.75, 3.05) is 12.1 Å². The van der Waals surface area contributed by atoms with Crippen molar-refractivity contribution in [3.05, 3.63) is 83.8 Å². The molecule has 0 aliphatic carbocycles. The molecule has 36 heavy (non-hydrogen) atoms. The third-order valence-electron chi connectivity index (χ3n) is 6.29. The Morgan fingerprint density at radius 2 is 1.94 bits per heavy atom. The van der Waals surface area contributed by atoms with Gasteiger partial charge in [0, 0.05) is 33.9 Å². The Balaban J connectivity index is 1.35. The molecule has 0 spiro atoms. The number of aromatic nitrogens is 3. The summed E-state index contributed by atoms with van der Waals surface area (Å²) >= 11 is 0. The molecule has 5 aromatic rings. The Morgan fingerprint density at radius 3 is 2.81 bits per heavy atom. The van der Waals surface area contributed by atoms with Crippen LogP contribution in [-0.4, -0.2) is 27.2 Å². The summed E-state index contributed by atoms with van der Waals surface area (Å²) in [6.07, 6.45) is 1.83. The topological polar surface area (TPSA) is 105 Å². The van der Waals surface area contributed by atoms with Crippen molar-refractivity contribution in [2.24, 2.45) is 0 Å². The van der Waals surface area contributed by atoms with Crippen LogP contribution in [0.15, 0.2) is 66.7 Å². The lowest BCUT2D eigenvalue weighted by atomic mass is 10.1. The summed E-state index contributed by atoms with van der Waals surface area (Å²) in [5.74, 6) is 1.60. The van der Waals surface area contributed by atoms with Crippen LogP contribution in [0.2, 0.25) is 0 Å². The lowest BCUT2D eigenvalue weighted by Gasteiger charge is -2.10. The second-order valence-electron chi connectivity index (χ2n) is 8.49. The minimum Gasteiger partial charge on any atom is -0.454 e. The van der Waals surface area contributed by atoms with Crippen molar-refractivity contribution in [1.29, 1.82) is 5.26 Å². The van der Waals surface area contributed by atoms with E-state index in [4.69, 9.17) is 9.47 Å². The molecule has 0 unspecified atom stereocenters. The molecule has 2 aromatic heterocycles. The third-order valence-corrected chi connectivity index (χ3v) is 6.29. The van der Waals surface area contributed by atoms with Crippen molar-refractivity contribution in [1.82, 2.24) is 14.5 Å². The Labute approximate surface area is 206 Å². The first kappa shape index (κ1) is 21.5. The van der Waals surface area contributed by atoms with E-state index in [-0.39, 0.29) is 19.2 Å². The summed E-state index contributed by atoms with van der Waals surface area (Å²) < 4.78 is 12.7. The van der Waals surface area contributed by atoms with Crippen LogP contribution in [-0.2, 0) is 11.3 Å². The number of fused-ring (bicyclic) bond motifs is 3. The number of ether oxygens (including phenoxy) is 2. The molecule has 2 N–H and O–H groups in total. The number of carbonyl (C=O) groups is 1. The van der Waals surface area contributed by atoms with E-state index >= 15 is 0 Å². The smallest absolute Gasteiger partial charge is 0.244 e. The first-order chi connectivity index (χ1) is 17.6. The van der Waals surface area contributed by atoms with Crippen LogP contribution in [0.3, 0.4) is 0 Å². The zero-order valence-electron chi connectivity index (χ0n) is 19.4. The highest BCUT2D eigenvalue weighted by atomic mass is 16.7. The van der Waals surface area contributed by atoms with Gasteiger partial charge in [-0.25, -0.2) is 4.98 Å². The number of nitrogens with one attached hydrogen (secondary N) is 2. The van der Waals surface area contributed by atoms with Crippen molar-refractivity contribution in [2.45, 2.75) is 13.5 Å². The second-order valence-corrected chi connectivity index (χ2v) is 8.49. The number of rotatable bonds is 5. The Bertz CT molecular complexity index is 1690. The molecule has 0 radical (unpaired) electrons. The largest absolute Gasteiger partial charge is 0.454 e. The van der Waals surface area contributed by atoms with Gasteiger partial charge in [0.25, 0.3) is 0 Å². The molecule has 0 saturated heterocycles. The van der Waals surface area contributed by atoms with E-state index in [0.717, 1.165) is 33.2 Å². The number of nitrogens with zero attached hydrogens (tertiary/aromatic N) is 3. The molecule has 3 heterocycles. The molecule has 1 aliphatic rings. The number of hydrogen-bond acceptors (Lipinski definition) is 5. The molecule has 0 saturated carbocycles. The standard InChI is InChI=1S/C28H21N5O3/c1-17-21(12-18(14-29)28-31-22-7-3-4-8-23(22)32-28)20-6-2-5-9-24(20)33(17)15-27(34)30-19-10-11-25-26(13-19)36-16-35-25/h2-13H,15-16H2,1H3,(H,30,34)(H,31,32). The number of anilines is 1. The van der Waals surface area contributed by atoms with Crippen LogP contribution in [0, 0.1) is 18.3 Å². The Morgan fingerprint density at radius 1 is 1.14 bits per heavy atom. The van der Waals surface area contributed by atoms with Gasteiger partial charge < -0.3 is 24.3 Å². The molecule has 0 atom stereocenters. The lowest BCUT2D eigenvalue weighted by molar-refractivity contribution is -0.116. The second kappa shape index (κ2) is 8.64. The summed E-state index contributed by atoms with van der Waals surface area (Å²) in [6, 6.07) is 23.1. The van der Waals surface area contributed by atoms with Gasteiger partial charge in [-0.05, 0) is 43.3 Å². The number of carbonyl (C=O) groups excluding carboxylic acids is 1. The molecular weight excluding hydrogens is 454 g/mol. The normalized spacial score (nSPS) is 12.7. The predicted octanol–water partition coefficient (Wildman–Crippen LogP) is 5.26. The third kappa shape index (κ3) is 3.73. The zero-order chi connectivity index (χ0) is 24.6. The SMILES string of the molecule is Cc1c(C=C(C#N)c2nc3ccccc3[nH]2)c2ccccc2n1CC(=O)Nc1ccc2c(c1)OCO2. The highest BCUT2D eigenvalue weighted by molar-refractivity contribution is 6.00. The summed E-state index contributed by atoms with van der Waals surface area (Å²) in [5.41, 5.74) is 5.38. The monoisotopic (exact) mass is 475 g/mol. The van der Waals surface area contributed by atoms with E-state index in [2.05, 4.69) is 21.4 Å². The first-order valence-electron chi connectivity index (χ1n) is 11.4. The van der Waals surface area contributed by atoms with Gasteiger partial charge in [0.05, 0.1) is 16.6 Å². The molecule has 3 aromatic carbocycles. The lowest BCUT2D eigenvalue weighted by Crippen LogP contribution is -2.19. The highest BCUT2D eigenvalue weighted by Crippen LogP contribution is 2.34. The van der Waals surface area contributed by atoms with Crippen molar-refractivity contribution >= 4 is 45.2 Å². The minimum absolute atomic E-state index is 0.112. The van der Waals surface area contributed by atoms with Crippen LogP contribution in [0.4, 0.5) is 5.69 Å². The fourth-order valence-corrected chi connectivity index (χ4v) is 4.54. The molecule has 0 bridgehead atoms. The van der Waals surface area contributed by atoms with Gasteiger partial charge in [0.2, 0.25) is 12.7 Å². The number of hydrogen-bond donors (Lipinski definition) is 2. The molecule has 0 fully saturated rings. The van der Waals surface area contributed by atoms with Gasteiger partial charge in [-0.1, -0.05) is 30.3 Å². The fourth-order valence-electron chi connectivity index (χ4n) is 4.54. The molecule has 176 valence electrons. The predicted molar refractivity (Wildman–Crippen MR) is 137 cm³/mol. The van der Waals surface area contributed by atoms with Crippen molar-refractivity contribution in [3.63, 3.8) is 0 Å². The van der Waals surface area contributed by atoms with E-state index in [1.54, 1.807) is 18.2 Å². The average molecular weight is 476 g/mol. The summed E-state index contributed by atoms with van der Waals surface area (Å²) in [6.45, 7) is 2.24. The molecule has 1 aliphatic heterocycles. The Hall–Kier alpha value is -5.03. The van der Waals surface area contributed by atoms with Gasteiger partial charge >= 0.3 is 0 Å². The summed E-state index contributed by atoms with van der Waals surface area (Å²) in [7, 11) is 0. The minimum atomic E-state index is -0.175. The number of H-pyrrole nitrogens is 1. The van der Waals surface area contributed by atoms with Crippen molar-refractivity contribution < 1.29 is 14.3 Å². The number of amides is 1. The number of imidazole rings is 1. The number of benzene rings is 3. The van der Waals surface area contributed by atoms with Crippen LogP contribution in [0.1, 0.15) is 17.1 Å². The van der Waals surface area contributed by atoms with Gasteiger partial charge in [-0.2, -0.15) is 5.26 Å². The first-order valence-corrected chi connectivity index (χ1v) is 11.4. The fraction of sp³-hybridized carbons (Fsp3) is 0.107. The maximum absolute atomic E-state index is 13.0. The average Bonchev–Trinajstić information content (AvgIpc) is 3.59. The number of nitriles is 1. The molecule has 8 nitrogen and oxygen atoms in total. The zero-order valence-corrected chi connectivity index (χ0v) is 19.4. The van der Waals surface area contributed by atoms with E-state index < -0.39 is 0 Å². The number of aromatic amines is 1. The molecule has 8 heteroatoms. The van der Waals surface area contributed by atoms with Gasteiger partial charge in [0.1, 0.15) is 18.4 Å². The van der Waals surface area contributed by atoms with Crippen LogP contribution in [0.5, 0.6) is 11.5 Å². The maximum atomic E-state index is 13.0. The molecule has 1 amide bonds. The molecular formula is C28H21N5O3. The highest BCUT2D eigenvalue weighted by Gasteiger charge is 2.18. The summed E-state index contributed by atoms with van der Waals surface area (Å²) in [4.78, 5) is 20.8. The van der Waals surface area contributed by atoms with Crippen molar-refractivity contribution in [3.8, 4) is 17.6 Å². The Kier molecular flexibility index (Phi) is 5.16. The van der Waals surface area contributed by atoms with Crippen LogP contribution >= 0.6 is 0 Å². The summed E-state index contributed by atoms with van der Waals surface area (Å²) in [5, 5.41) is 13.8. The van der Waals surface area contributed by atoms with Gasteiger partial charge in [-0.3, -0.25) is 4.79 Å². The number of para-hydroxylation sites is 3. The van der Waals surface area contributed by atoms with E-state index in [1.165, 1.54) is 0 Å². The maximum Gasteiger partial charge on any atom is 0.244 e. The van der Waals surface area contributed by atoms with E-state index in [9.17, 15) is 10.1 Å². The van der Waals surface area contributed by atoms with E-state index in [1.807, 2.05) is 66.1 Å². The van der Waals surface area contributed by atoms with Crippen LogP contribution < -0.4 is 14.8 Å². The van der Waals surface area contributed by atoms with Gasteiger partial charge in [0.15, 0.2) is 11.5 Å². The quantitative estimate of drug-likeness (QED) is 0.338. The van der Waals surface area contributed by atoms with E-state index in [0.29, 0.717) is 28.6 Å². The van der Waals surface area contributed by atoms with Crippen LogP contribution in [0.25, 0.3) is 33.6 Å².